The third-order valence-corrected chi connectivity index (χ3v) is 3.08. The number of nitrogens with one attached hydrogen (secondary N) is 1. The van der Waals surface area contributed by atoms with Crippen molar-refractivity contribution in [3.63, 3.8) is 0 Å². The number of rotatable bonds is 3. The van der Waals surface area contributed by atoms with Gasteiger partial charge < -0.3 is 14.1 Å². The standard InChI is InChI=1S/C14H12N2O4/c1-19-9-4-5-12-11(7-9)13(17)16(14(18)15-12)8-10-3-2-6-20-10/h2-7H,8H2,1H3,(H,15,18). The molecule has 1 aromatic carbocycles. The molecule has 0 saturated heterocycles. The smallest absolute Gasteiger partial charge is 0.329 e. The SMILES string of the molecule is COc1ccc2[nH]c(=O)n(Cc3ccco3)c(=O)c2c1. The molecule has 0 aliphatic rings. The first-order valence-corrected chi connectivity index (χ1v) is 6.02. The number of H-pyrrole nitrogens is 1. The van der Waals surface area contributed by atoms with E-state index in [4.69, 9.17) is 9.15 Å². The first-order valence-electron chi connectivity index (χ1n) is 6.02. The zero-order valence-corrected chi connectivity index (χ0v) is 10.8. The van der Waals surface area contributed by atoms with Gasteiger partial charge in [0.15, 0.2) is 0 Å². The molecule has 6 nitrogen and oxygen atoms in total. The summed E-state index contributed by atoms with van der Waals surface area (Å²) in [6.07, 6.45) is 1.50. The second kappa shape index (κ2) is 4.73. The van der Waals surface area contributed by atoms with E-state index in [0.29, 0.717) is 22.4 Å². The van der Waals surface area contributed by atoms with Crippen molar-refractivity contribution in [1.82, 2.24) is 9.55 Å². The lowest BCUT2D eigenvalue weighted by molar-refractivity contribution is 0.415. The molecule has 0 bridgehead atoms. The molecular weight excluding hydrogens is 260 g/mol. The van der Waals surface area contributed by atoms with Gasteiger partial charge in [-0.2, -0.15) is 0 Å². The van der Waals surface area contributed by atoms with E-state index in [-0.39, 0.29) is 12.1 Å². The molecule has 0 amide bonds. The Morgan fingerprint density at radius 1 is 1.30 bits per heavy atom. The summed E-state index contributed by atoms with van der Waals surface area (Å²) < 4.78 is 11.4. The van der Waals surface area contributed by atoms with E-state index >= 15 is 0 Å². The lowest BCUT2D eigenvalue weighted by Crippen LogP contribution is -2.35. The third-order valence-electron chi connectivity index (χ3n) is 3.08. The van der Waals surface area contributed by atoms with Crippen molar-refractivity contribution in [3.05, 3.63) is 63.2 Å². The number of furan rings is 1. The van der Waals surface area contributed by atoms with E-state index in [1.54, 1.807) is 30.3 Å². The van der Waals surface area contributed by atoms with Gasteiger partial charge >= 0.3 is 5.69 Å². The van der Waals surface area contributed by atoms with Crippen molar-refractivity contribution in [2.45, 2.75) is 6.54 Å². The topological polar surface area (TPSA) is 77.2 Å². The predicted molar refractivity (Wildman–Crippen MR) is 73.2 cm³/mol. The van der Waals surface area contributed by atoms with E-state index in [9.17, 15) is 9.59 Å². The fourth-order valence-electron chi connectivity index (χ4n) is 2.06. The summed E-state index contributed by atoms with van der Waals surface area (Å²) in [7, 11) is 1.52. The van der Waals surface area contributed by atoms with Crippen LogP contribution in [0.3, 0.4) is 0 Å². The van der Waals surface area contributed by atoms with E-state index in [1.807, 2.05) is 0 Å². The molecule has 20 heavy (non-hydrogen) atoms. The largest absolute Gasteiger partial charge is 0.497 e. The Morgan fingerprint density at radius 2 is 2.15 bits per heavy atom. The van der Waals surface area contributed by atoms with Crippen molar-refractivity contribution in [3.8, 4) is 5.75 Å². The Balaban J connectivity index is 2.22. The van der Waals surface area contributed by atoms with Crippen molar-refractivity contribution >= 4 is 10.9 Å². The van der Waals surface area contributed by atoms with Crippen molar-refractivity contribution in [2.24, 2.45) is 0 Å². The van der Waals surface area contributed by atoms with Crippen LogP contribution < -0.4 is 16.0 Å². The summed E-state index contributed by atoms with van der Waals surface area (Å²) in [4.78, 5) is 27.0. The van der Waals surface area contributed by atoms with E-state index in [1.165, 1.54) is 13.4 Å². The zero-order valence-electron chi connectivity index (χ0n) is 10.8. The van der Waals surface area contributed by atoms with Gasteiger partial charge in [-0.15, -0.1) is 0 Å². The Hall–Kier alpha value is -2.76. The first kappa shape index (κ1) is 12.3. The molecule has 0 atom stereocenters. The highest BCUT2D eigenvalue weighted by Crippen LogP contribution is 2.15. The summed E-state index contributed by atoms with van der Waals surface area (Å²) in [5, 5.41) is 0.399. The lowest BCUT2D eigenvalue weighted by Gasteiger charge is -2.06. The summed E-state index contributed by atoms with van der Waals surface area (Å²) in [5.74, 6) is 1.10. The molecule has 0 spiro atoms. The maximum absolute atomic E-state index is 12.4. The van der Waals surface area contributed by atoms with Crippen LogP contribution in [-0.4, -0.2) is 16.7 Å². The number of aromatic amines is 1. The quantitative estimate of drug-likeness (QED) is 0.780. The minimum atomic E-state index is -0.468. The van der Waals surface area contributed by atoms with E-state index in [2.05, 4.69) is 4.98 Å². The van der Waals surface area contributed by atoms with Crippen molar-refractivity contribution < 1.29 is 9.15 Å². The number of hydrogen-bond acceptors (Lipinski definition) is 4. The van der Waals surface area contributed by atoms with Crippen LogP contribution in [0.4, 0.5) is 0 Å². The molecule has 3 rings (SSSR count). The van der Waals surface area contributed by atoms with E-state index < -0.39 is 5.69 Å². The number of hydrogen-bond donors (Lipinski definition) is 1. The molecule has 0 aliphatic carbocycles. The maximum Gasteiger partial charge on any atom is 0.329 e. The number of benzene rings is 1. The molecule has 0 radical (unpaired) electrons. The molecule has 0 saturated carbocycles. The van der Waals surface area contributed by atoms with Gasteiger partial charge in [0.05, 0.1) is 30.8 Å². The minimum absolute atomic E-state index is 0.0916. The van der Waals surface area contributed by atoms with Gasteiger partial charge in [0.2, 0.25) is 0 Å². The van der Waals surface area contributed by atoms with Crippen LogP contribution in [0.5, 0.6) is 5.75 Å². The molecule has 0 unspecified atom stereocenters. The first-order chi connectivity index (χ1) is 9.69. The number of methoxy groups -OCH3 is 1. The fourth-order valence-corrected chi connectivity index (χ4v) is 2.06. The van der Waals surface area contributed by atoms with Gasteiger partial charge in [-0.3, -0.25) is 9.36 Å². The van der Waals surface area contributed by atoms with Gasteiger partial charge in [-0.25, -0.2) is 4.79 Å². The normalized spacial score (nSPS) is 10.8. The minimum Gasteiger partial charge on any atom is -0.497 e. The number of nitrogens with zero attached hydrogens (tertiary/aromatic N) is 1. The summed E-state index contributed by atoms with van der Waals surface area (Å²) >= 11 is 0. The zero-order chi connectivity index (χ0) is 14.1. The van der Waals surface area contributed by atoms with Gasteiger partial charge in [0, 0.05) is 0 Å². The second-order valence-electron chi connectivity index (χ2n) is 4.31. The second-order valence-corrected chi connectivity index (χ2v) is 4.31. The van der Waals surface area contributed by atoms with Crippen molar-refractivity contribution in [1.29, 1.82) is 0 Å². The summed E-state index contributed by atoms with van der Waals surface area (Å²) in [6.45, 7) is 0.0916. The molecule has 6 heteroatoms. The highest BCUT2D eigenvalue weighted by Gasteiger charge is 2.10. The van der Waals surface area contributed by atoms with Gasteiger partial charge in [-0.05, 0) is 30.3 Å². The molecule has 102 valence electrons. The lowest BCUT2D eigenvalue weighted by atomic mass is 10.2. The molecular formula is C14H12N2O4. The van der Waals surface area contributed by atoms with E-state index in [0.717, 1.165) is 4.57 Å². The summed E-state index contributed by atoms with van der Waals surface area (Å²) in [6, 6.07) is 8.36. The van der Waals surface area contributed by atoms with Crippen LogP contribution in [0, 0.1) is 0 Å². The third kappa shape index (κ3) is 2.01. The van der Waals surface area contributed by atoms with Gasteiger partial charge in [-0.1, -0.05) is 0 Å². The Labute approximate surface area is 113 Å². The van der Waals surface area contributed by atoms with Crippen LogP contribution in [0.2, 0.25) is 0 Å². The van der Waals surface area contributed by atoms with Crippen LogP contribution in [0.1, 0.15) is 5.76 Å². The monoisotopic (exact) mass is 272 g/mol. The highest BCUT2D eigenvalue weighted by molar-refractivity contribution is 5.78. The average molecular weight is 272 g/mol. The van der Waals surface area contributed by atoms with Gasteiger partial charge in [0.25, 0.3) is 5.56 Å². The summed E-state index contributed by atoms with van der Waals surface area (Å²) in [5.41, 5.74) is -0.361. The Kier molecular flexibility index (Phi) is 2.90. The Morgan fingerprint density at radius 3 is 2.85 bits per heavy atom. The molecule has 3 aromatic rings. The average Bonchev–Trinajstić information content (AvgIpc) is 2.96. The van der Waals surface area contributed by atoms with Gasteiger partial charge in [0.1, 0.15) is 11.5 Å². The van der Waals surface area contributed by atoms with Crippen LogP contribution in [0.15, 0.2) is 50.6 Å². The predicted octanol–water partition coefficient (Wildman–Crippen LogP) is 1.34. The number of aromatic nitrogens is 2. The fraction of sp³-hybridized carbons (Fsp3) is 0.143. The van der Waals surface area contributed by atoms with Crippen LogP contribution in [0.25, 0.3) is 10.9 Å². The molecule has 0 aliphatic heterocycles. The Bertz CT molecular complexity index is 859. The highest BCUT2D eigenvalue weighted by atomic mass is 16.5. The number of ether oxygens (including phenoxy) is 1. The molecule has 2 heterocycles. The molecule has 1 N–H and O–H groups in total. The molecule has 0 fully saturated rings. The van der Waals surface area contributed by atoms with Crippen molar-refractivity contribution in [2.75, 3.05) is 7.11 Å². The molecule has 2 aromatic heterocycles. The maximum atomic E-state index is 12.4. The number of fused-ring (bicyclic) bond motifs is 1. The van der Waals surface area contributed by atoms with Crippen LogP contribution in [-0.2, 0) is 6.54 Å². The van der Waals surface area contributed by atoms with Crippen LogP contribution >= 0.6 is 0 Å².